The predicted octanol–water partition coefficient (Wildman–Crippen LogP) is 6.05. The summed E-state index contributed by atoms with van der Waals surface area (Å²) in [6.45, 7) is 7.72. The number of aryl methyl sites for hydroxylation is 1. The van der Waals surface area contributed by atoms with Gasteiger partial charge in [-0.1, -0.05) is 20.8 Å². The standard InChI is InChI=1S/C22H23F5N/c1-5-20(4)13(3)21(7-8-21)28-9-6-12(2)10-16(28)17-14(20)11-15(23)18(19(17)24)22(25,26)27/h6,9-11,13H,5,7-8H2,1-4H3/q+1. The second kappa shape index (κ2) is 5.77. The van der Waals surface area contributed by atoms with E-state index in [-0.39, 0.29) is 17.0 Å². The summed E-state index contributed by atoms with van der Waals surface area (Å²) in [7, 11) is 0. The smallest absolute Gasteiger partial charge is 0.206 e. The highest BCUT2D eigenvalue weighted by molar-refractivity contribution is 5.67. The summed E-state index contributed by atoms with van der Waals surface area (Å²) in [5, 5.41) is 0. The third kappa shape index (κ3) is 2.39. The molecule has 1 aromatic carbocycles. The topological polar surface area (TPSA) is 3.88 Å². The Morgan fingerprint density at radius 3 is 2.36 bits per heavy atom. The van der Waals surface area contributed by atoms with Gasteiger partial charge in [-0.2, -0.15) is 17.7 Å². The summed E-state index contributed by atoms with van der Waals surface area (Å²) in [5.41, 5.74) is -1.31. The van der Waals surface area contributed by atoms with Gasteiger partial charge >= 0.3 is 6.18 Å². The maximum atomic E-state index is 15.4. The van der Waals surface area contributed by atoms with E-state index >= 15 is 4.39 Å². The zero-order valence-electron chi connectivity index (χ0n) is 16.3. The molecule has 2 heterocycles. The molecule has 1 saturated carbocycles. The molecule has 0 bridgehead atoms. The van der Waals surface area contributed by atoms with Crippen molar-refractivity contribution in [3.05, 3.63) is 52.7 Å². The van der Waals surface area contributed by atoms with E-state index in [1.807, 2.05) is 37.6 Å². The molecule has 6 heteroatoms. The number of halogens is 5. The number of benzene rings is 1. The van der Waals surface area contributed by atoms with Gasteiger partial charge in [-0.15, -0.1) is 0 Å². The molecule has 0 saturated heterocycles. The van der Waals surface area contributed by atoms with E-state index < -0.39 is 28.8 Å². The number of hydrogen-bond acceptors (Lipinski definition) is 0. The van der Waals surface area contributed by atoms with Crippen LogP contribution < -0.4 is 4.57 Å². The summed E-state index contributed by atoms with van der Waals surface area (Å²) in [5.74, 6) is -3.04. The number of pyridine rings is 1. The van der Waals surface area contributed by atoms with Crippen LogP contribution in [0.2, 0.25) is 0 Å². The van der Waals surface area contributed by atoms with Crippen LogP contribution in [0, 0.1) is 24.5 Å². The van der Waals surface area contributed by atoms with Crippen LogP contribution in [0.3, 0.4) is 0 Å². The molecule has 28 heavy (non-hydrogen) atoms. The van der Waals surface area contributed by atoms with Crippen molar-refractivity contribution in [1.29, 1.82) is 0 Å². The van der Waals surface area contributed by atoms with Gasteiger partial charge in [-0.25, -0.2) is 8.78 Å². The highest BCUT2D eigenvalue weighted by Crippen LogP contribution is 2.58. The minimum Gasteiger partial charge on any atom is -0.206 e. The predicted molar refractivity (Wildman–Crippen MR) is 95.7 cm³/mol. The number of rotatable bonds is 1. The molecule has 0 amide bonds. The summed E-state index contributed by atoms with van der Waals surface area (Å²) in [6, 6.07) is 4.53. The van der Waals surface area contributed by atoms with Gasteiger partial charge in [-0.05, 0) is 30.5 Å². The fourth-order valence-electron chi connectivity index (χ4n) is 5.10. The molecule has 1 fully saturated rings. The number of alkyl halides is 3. The maximum absolute atomic E-state index is 15.4. The first-order valence-electron chi connectivity index (χ1n) is 9.60. The third-order valence-electron chi connectivity index (χ3n) is 7.22. The maximum Gasteiger partial charge on any atom is 0.422 e. The zero-order chi connectivity index (χ0) is 20.6. The van der Waals surface area contributed by atoms with Gasteiger partial charge in [0, 0.05) is 36.3 Å². The highest BCUT2D eigenvalue weighted by atomic mass is 19.4. The van der Waals surface area contributed by atoms with Crippen molar-refractivity contribution in [3.63, 3.8) is 0 Å². The molecule has 4 rings (SSSR count). The largest absolute Gasteiger partial charge is 0.422 e. The monoisotopic (exact) mass is 396 g/mol. The number of fused-ring (bicyclic) bond motifs is 4. The first-order chi connectivity index (χ1) is 13.0. The molecular formula is C22H23F5N+. The molecule has 1 spiro atoms. The van der Waals surface area contributed by atoms with Crippen LogP contribution in [0.15, 0.2) is 24.4 Å². The lowest BCUT2D eigenvalue weighted by Gasteiger charge is -2.37. The Bertz CT molecular complexity index is 974. The summed E-state index contributed by atoms with van der Waals surface area (Å²) >= 11 is 0. The molecule has 150 valence electrons. The van der Waals surface area contributed by atoms with Crippen molar-refractivity contribution in [2.45, 2.75) is 64.1 Å². The Labute approximate surface area is 161 Å². The molecule has 0 N–H and O–H groups in total. The van der Waals surface area contributed by atoms with Crippen molar-refractivity contribution < 1.29 is 26.5 Å². The third-order valence-corrected chi connectivity index (χ3v) is 7.22. The van der Waals surface area contributed by atoms with Crippen LogP contribution in [-0.4, -0.2) is 0 Å². The summed E-state index contributed by atoms with van der Waals surface area (Å²) in [6.07, 6.45) is -0.949. The van der Waals surface area contributed by atoms with Crippen LogP contribution >= 0.6 is 0 Å². The van der Waals surface area contributed by atoms with Gasteiger partial charge in [0.1, 0.15) is 11.4 Å². The van der Waals surface area contributed by atoms with Gasteiger partial charge in [0.15, 0.2) is 17.6 Å². The van der Waals surface area contributed by atoms with Crippen molar-refractivity contribution >= 4 is 0 Å². The van der Waals surface area contributed by atoms with Crippen molar-refractivity contribution in [2.75, 3.05) is 0 Å². The molecule has 1 aliphatic carbocycles. The van der Waals surface area contributed by atoms with Gasteiger partial charge < -0.3 is 0 Å². The van der Waals surface area contributed by atoms with E-state index in [1.165, 1.54) is 0 Å². The first kappa shape index (κ1) is 19.3. The Kier molecular flexibility index (Phi) is 3.99. The van der Waals surface area contributed by atoms with E-state index in [0.29, 0.717) is 17.7 Å². The van der Waals surface area contributed by atoms with Crippen LogP contribution in [0.4, 0.5) is 22.0 Å². The molecule has 2 aliphatic rings. The first-order valence-corrected chi connectivity index (χ1v) is 9.60. The molecule has 0 radical (unpaired) electrons. The number of aromatic nitrogens is 1. The molecule has 1 nitrogen and oxygen atoms in total. The zero-order valence-corrected chi connectivity index (χ0v) is 16.3. The number of hydrogen-bond donors (Lipinski definition) is 0. The van der Waals surface area contributed by atoms with Gasteiger partial charge in [0.25, 0.3) is 0 Å². The highest BCUT2D eigenvalue weighted by Gasteiger charge is 2.64. The fourth-order valence-corrected chi connectivity index (χ4v) is 5.10. The SMILES string of the molecule is CCC1(C)c2cc(F)c(C(F)(F)F)c(F)c2-c2cc(C)cc[n+]2C2(CC2)C1C. The minimum absolute atomic E-state index is 0.00763. The number of nitrogens with zero attached hydrogens (tertiary/aromatic N) is 1. The van der Waals surface area contributed by atoms with Crippen LogP contribution in [0.25, 0.3) is 11.3 Å². The normalized spacial score (nSPS) is 25.2. The van der Waals surface area contributed by atoms with Crippen LogP contribution in [0.1, 0.15) is 56.7 Å². The van der Waals surface area contributed by atoms with Gasteiger partial charge in [0.2, 0.25) is 5.69 Å². The van der Waals surface area contributed by atoms with E-state index in [0.717, 1.165) is 24.5 Å². The van der Waals surface area contributed by atoms with E-state index in [1.54, 1.807) is 6.07 Å². The Balaban J connectivity index is 2.19. The average Bonchev–Trinajstić information content (AvgIpc) is 3.40. The second-order valence-electron chi connectivity index (χ2n) is 8.52. The summed E-state index contributed by atoms with van der Waals surface area (Å²) in [4.78, 5) is 0. The Morgan fingerprint density at radius 1 is 1.18 bits per heavy atom. The van der Waals surface area contributed by atoms with Crippen molar-refractivity contribution in [1.82, 2.24) is 0 Å². The van der Waals surface area contributed by atoms with Crippen LogP contribution in [0.5, 0.6) is 0 Å². The van der Waals surface area contributed by atoms with Crippen LogP contribution in [-0.2, 0) is 17.1 Å². The lowest BCUT2D eigenvalue weighted by Crippen LogP contribution is -2.54. The molecule has 1 aromatic heterocycles. The quantitative estimate of drug-likeness (QED) is 0.408. The van der Waals surface area contributed by atoms with E-state index in [9.17, 15) is 17.6 Å². The van der Waals surface area contributed by atoms with E-state index in [4.69, 9.17) is 0 Å². The fraction of sp³-hybridized carbons (Fsp3) is 0.500. The minimum atomic E-state index is -5.10. The second-order valence-corrected chi connectivity index (χ2v) is 8.52. The Morgan fingerprint density at radius 2 is 1.82 bits per heavy atom. The summed E-state index contributed by atoms with van der Waals surface area (Å²) < 4.78 is 72.3. The molecular weight excluding hydrogens is 373 g/mol. The molecule has 2 unspecified atom stereocenters. The van der Waals surface area contributed by atoms with E-state index in [2.05, 4.69) is 6.92 Å². The van der Waals surface area contributed by atoms with Crippen molar-refractivity contribution in [3.8, 4) is 11.3 Å². The molecule has 1 aliphatic heterocycles. The van der Waals surface area contributed by atoms with Gasteiger partial charge in [-0.3, -0.25) is 0 Å². The lowest BCUT2D eigenvalue weighted by atomic mass is 9.66. The average molecular weight is 396 g/mol. The Hall–Kier alpha value is -1.98. The van der Waals surface area contributed by atoms with Crippen molar-refractivity contribution in [2.24, 2.45) is 5.92 Å². The lowest BCUT2D eigenvalue weighted by molar-refractivity contribution is -0.737. The molecule has 2 atom stereocenters. The van der Waals surface area contributed by atoms with Gasteiger partial charge in [0.05, 0.1) is 5.56 Å². The molecule has 2 aromatic rings.